The first-order chi connectivity index (χ1) is 15.7. The highest BCUT2D eigenvalue weighted by Crippen LogP contribution is 2.33. The summed E-state index contributed by atoms with van der Waals surface area (Å²) in [7, 11) is 0. The molecule has 2 aromatic heterocycles. The van der Waals surface area contributed by atoms with Crippen LogP contribution >= 0.6 is 34.8 Å². The van der Waals surface area contributed by atoms with Crippen LogP contribution in [0.5, 0.6) is 0 Å². The number of carboxylic acid groups (broad SMARTS) is 1. The summed E-state index contributed by atoms with van der Waals surface area (Å²) in [5.41, 5.74) is 2.62. The van der Waals surface area contributed by atoms with Gasteiger partial charge in [-0.05, 0) is 49.4 Å². The van der Waals surface area contributed by atoms with Crippen molar-refractivity contribution in [2.45, 2.75) is 6.92 Å². The summed E-state index contributed by atoms with van der Waals surface area (Å²) in [4.78, 5) is 28.3. The average Bonchev–Trinajstić information content (AvgIpc) is 3.11. The standard InChI is InChI=1S/C23H15Cl3N4O3/c1-12-20(22(31)28-19-10-14(23(32)33)8-9-27-19)29-30(18-7-6-16(25)11-17(18)26)21(12)13-2-4-15(24)5-3-13/h2-11H,1H3,(H,32,33)(H,27,28,31). The molecule has 1 amide bonds. The lowest BCUT2D eigenvalue weighted by Crippen LogP contribution is -2.15. The van der Waals surface area contributed by atoms with Crippen LogP contribution in [0, 0.1) is 6.92 Å². The van der Waals surface area contributed by atoms with E-state index in [-0.39, 0.29) is 17.1 Å². The number of hydrogen-bond donors (Lipinski definition) is 2. The van der Waals surface area contributed by atoms with E-state index in [2.05, 4.69) is 15.4 Å². The number of carbonyl (C=O) groups is 2. The Hall–Kier alpha value is -3.39. The highest BCUT2D eigenvalue weighted by molar-refractivity contribution is 6.35. The van der Waals surface area contributed by atoms with Gasteiger partial charge in [0.1, 0.15) is 5.82 Å². The van der Waals surface area contributed by atoms with Crippen LogP contribution in [0.2, 0.25) is 15.1 Å². The van der Waals surface area contributed by atoms with Crippen LogP contribution in [0.15, 0.2) is 60.8 Å². The molecule has 10 heteroatoms. The van der Waals surface area contributed by atoms with E-state index < -0.39 is 11.9 Å². The number of halogens is 3. The van der Waals surface area contributed by atoms with E-state index in [0.717, 1.165) is 5.56 Å². The minimum Gasteiger partial charge on any atom is -0.478 e. The predicted molar refractivity (Wildman–Crippen MR) is 128 cm³/mol. The molecule has 4 aromatic rings. The summed E-state index contributed by atoms with van der Waals surface area (Å²) >= 11 is 18.5. The number of amides is 1. The third-order valence-corrected chi connectivity index (χ3v) is 5.63. The highest BCUT2D eigenvalue weighted by Gasteiger charge is 2.24. The van der Waals surface area contributed by atoms with E-state index in [0.29, 0.717) is 32.0 Å². The second-order valence-electron chi connectivity index (χ2n) is 7.03. The Morgan fingerprint density at radius 1 is 0.970 bits per heavy atom. The van der Waals surface area contributed by atoms with Gasteiger partial charge in [0, 0.05) is 27.4 Å². The Morgan fingerprint density at radius 2 is 1.67 bits per heavy atom. The van der Waals surface area contributed by atoms with Crippen LogP contribution in [0.4, 0.5) is 5.82 Å². The molecule has 0 spiro atoms. The first-order valence-corrected chi connectivity index (χ1v) is 10.7. The number of aromatic nitrogens is 3. The Kier molecular flexibility index (Phi) is 6.37. The second kappa shape index (κ2) is 9.23. The molecule has 0 unspecified atom stereocenters. The number of rotatable bonds is 5. The van der Waals surface area contributed by atoms with Gasteiger partial charge in [-0.2, -0.15) is 5.10 Å². The van der Waals surface area contributed by atoms with E-state index in [1.54, 1.807) is 41.9 Å². The van der Waals surface area contributed by atoms with Gasteiger partial charge in [-0.15, -0.1) is 0 Å². The SMILES string of the molecule is Cc1c(C(=O)Nc2cc(C(=O)O)ccn2)nn(-c2ccc(Cl)cc2Cl)c1-c1ccc(Cl)cc1. The van der Waals surface area contributed by atoms with Gasteiger partial charge in [-0.1, -0.05) is 46.9 Å². The molecule has 0 aliphatic carbocycles. The van der Waals surface area contributed by atoms with Crippen LogP contribution in [-0.4, -0.2) is 31.7 Å². The number of aromatic carboxylic acids is 1. The van der Waals surface area contributed by atoms with Gasteiger partial charge in [0.25, 0.3) is 5.91 Å². The summed E-state index contributed by atoms with van der Waals surface area (Å²) in [5, 5.41) is 17.7. The Balaban J connectivity index is 1.82. The zero-order valence-electron chi connectivity index (χ0n) is 17.0. The number of pyridine rings is 1. The average molecular weight is 502 g/mol. The minimum absolute atomic E-state index is 0.00245. The van der Waals surface area contributed by atoms with Gasteiger partial charge in [0.05, 0.1) is 22.0 Å². The molecule has 0 saturated carbocycles. The van der Waals surface area contributed by atoms with E-state index in [4.69, 9.17) is 34.8 Å². The molecular weight excluding hydrogens is 487 g/mol. The fraction of sp³-hybridized carbons (Fsp3) is 0.0435. The predicted octanol–water partition coefficient (Wildman–Crippen LogP) is 6.15. The van der Waals surface area contributed by atoms with Gasteiger partial charge in [-0.3, -0.25) is 4.79 Å². The molecule has 0 radical (unpaired) electrons. The zero-order valence-corrected chi connectivity index (χ0v) is 19.3. The first-order valence-electron chi connectivity index (χ1n) is 9.56. The maximum Gasteiger partial charge on any atom is 0.335 e. The number of benzene rings is 2. The molecule has 0 aliphatic rings. The summed E-state index contributed by atoms with van der Waals surface area (Å²) < 4.78 is 1.56. The first kappa shape index (κ1) is 22.8. The lowest BCUT2D eigenvalue weighted by Gasteiger charge is -2.11. The molecule has 0 aliphatic heterocycles. The summed E-state index contributed by atoms with van der Waals surface area (Å²) in [5.74, 6) is -1.59. The molecule has 7 nitrogen and oxygen atoms in total. The lowest BCUT2D eigenvalue weighted by molar-refractivity contribution is 0.0696. The Labute approximate surface area is 203 Å². The molecule has 0 saturated heterocycles. The van der Waals surface area contributed by atoms with Crippen molar-refractivity contribution in [2.75, 3.05) is 5.32 Å². The van der Waals surface area contributed by atoms with Gasteiger partial charge in [-0.25, -0.2) is 14.5 Å². The van der Waals surface area contributed by atoms with Gasteiger partial charge >= 0.3 is 5.97 Å². The number of nitrogens with one attached hydrogen (secondary N) is 1. The molecule has 166 valence electrons. The van der Waals surface area contributed by atoms with Crippen LogP contribution in [-0.2, 0) is 0 Å². The number of carbonyl (C=O) groups excluding carboxylic acids is 1. The fourth-order valence-electron chi connectivity index (χ4n) is 3.29. The summed E-state index contributed by atoms with van der Waals surface area (Å²) in [6, 6.07) is 14.7. The fourth-order valence-corrected chi connectivity index (χ4v) is 3.91. The van der Waals surface area contributed by atoms with Gasteiger partial charge in [0.2, 0.25) is 0 Å². The Bertz CT molecular complexity index is 1380. The summed E-state index contributed by atoms with van der Waals surface area (Å²) in [6.45, 7) is 1.76. The lowest BCUT2D eigenvalue weighted by atomic mass is 10.1. The molecule has 4 rings (SSSR count). The van der Waals surface area contributed by atoms with Crippen LogP contribution in [0.25, 0.3) is 16.9 Å². The number of hydrogen-bond acceptors (Lipinski definition) is 4. The van der Waals surface area contributed by atoms with Crippen LogP contribution in [0.1, 0.15) is 26.4 Å². The van der Waals surface area contributed by atoms with Gasteiger partial charge < -0.3 is 10.4 Å². The van der Waals surface area contributed by atoms with Gasteiger partial charge in [0.15, 0.2) is 5.69 Å². The maximum absolute atomic E-state index is 13.1. The number of anilines is 1. The van der Waals surface area contributed by atoms with Crippen molar-refractivity contribution in [3.8, 4) is 16.9 Å². The van der Waals surface area contributed by atoms with E-state index in [1.807, 2.05) is 12.1 Å². The van der Waals surface area contributed by atoms with E-state index in [9.17, 15) is 14.7 Å². The highest BCUT2D eigenvalue weighted by atomic mass is 35.5. The molecule has 2 aromatic carbocycles. The van der Waals surface area contributed by atoms with Crippen LogP contribution in [0.3, 0.4) is 0 Å². The molecule has 2 N–H and O–H groups in total. The Morgan fingerprint density at radius 3 is 2.33 bits per heavy atom. The van der Waals surface area contributed by atoms with Crippen molar-refractivity contribution in [3.63, 3.8) is 0 Å². The van der Waals surface area contributed by atoms with Crippen LogP contribution < -0.4 is 5.32 Å². The normalized spacial score (nSPS) is 10.8. The van der Waals surface area contributed by atoms with Crippen molar-refractivity contribution in [1.82, 2.24) is 14.8 Å². The number of nitrogens with zero attached hydrogens (tertiary/aromatic N) is 3. The zero-order chi connectivity index (χ0) is 23.7. The van der Waals surface area contributed by atoms with E-state index in [1.165, 1.54) is 18.3 Å². The molecule has 0 fully saturated rings. The largest absolute Gasteiger partial charge is 0.478 e. The summed E-state index contributed by atoms with van der Waals surface area (Å²) in [6.07, 6.45) is 1.30. The maximum atomic E-state index is 13.1. The van der Waals surface area contributed by atoms with E-state index >= 15 is 0 Å². The molecule has 0 bridgehead atoms. The smallest absolute Gasteiger partial charge is 0.335 e. The molecule has 33 heavy (non-hydrogen) atoms. The molecular formula is C23H15Cl3N4O3. The van der Waals surface area contributed by atoms with Crippen molar-refractivity contribution >= 4 is 52.5 Å². The second-order valence-corrected chi connectivity index (χ2v) is 8.31. The monoisotopic (exact) mass is 500 g/mol. The van der Waals surface area contributed by atoms with Crippen molar-refractivity contribution < 1.29 is 14.7 Å². The third kappa shape index (κ3) is 4.71. The molecule has 2 heterocycles. The van der Waals surface area contributed by atoms with Crippen molar-refractivity contribution in [2.24, 2.45) is 0 Å². The minimum atomic E-state index is -1.13. The quantitative estimate of drug-likeness (QED) is 0.342. The molecule has 0 atom stereocenters. The topological polar surface area (TPSA) is 97.1 Å². The van der Waals surface area contributed by atoms with Crippen molar-refractivity contribution in [3.05, 3.63) is 92.7 Å². The third-order valence-electron chi connectivity index (χ3n) is 4.84. The van der Waals surface area contributed by atoms with Crippen molar-refractivity contribution in [1.29, 1.82) is 0 Å². The number of carboxylic acids is 1.